The van der Waals surface area contributed by atoms with Gasteiger partial charge in [0.15, 0.2) is 0 Å². The molecule has 0 bridgehead atoms. The summed E-state index contributed by atoms with van der Waals surface area (Å²) in [5.74, 6) is 0.209. The molecule has 4 N–H and O–H groups in total. The number of amidine groups is 1. The predicted octanol–water partition coefficient (Wildman–Crippen LogP) is 0.605. The lowest BCUT2D eigenvalue weighted by Crippen LogP contribution is -2.31. The maximum absolute atomic E-state index is 11.5. The minimum absolute atomic E-state index is 0.131. The highest BCUT2D eigenvalue weighted by atomic mass is 16.5. The Labute approximate surface area is 98.6 Å². The highest BCUT2D eigenvalue weighted by Gasteiger charge is 2.18. The number of carbonyl (C=O) groups excluding carboxylic acids is 1. The van der Waals surface area contributed by atoms with Crippen LogP contribution < -0.4 is 11.1 Å². The van der Waals surface area contributed by atoms with Crippen molar-refractivity contribution in [1.82, 2.24) is 10.5 Å². The number of hydrogen-bond donors (Lipinski definition) is 3. The van der Waals surface area contributed by atoms with E-state index < -0.39 is 0 Å². The van der Waals surface area contributed by atoms with Crippen molar-refractivity contribution < 1.29 is 14.5 Å². The molecule has 1 aromatic rings. The van der Waals surface area contributed by atoms with Gasteiger partial charge in [0.1, 0.15) is 11.6 Å². The van der Waals surface area contributed by atoms with Gasteiger partial charge in [-0.25, -0.2) is 0 Å². The molecule has 0 radical (unpaired) electrons. The summed E-state index contributed by atoms with van der Waals surface area (Å²) in [6.07, 6.45) is -0.149. The van der Waals surface area contributed by atoms with E-state index in [9.17, 15) is 4.79 Å². The van der Waals surface area contributed by atoms with E-state index in [1.165, 1.54) is 0 Å². The Morgan fingerprint density at radius 3 is 2.76 bits per heavy atom. The summed E-state index contributed by atoms with van der Waals surface area (Å²) in [5.41, 5.74) is 6.82. The highest BCUT2D eigenvalue weighted by Crippen LogP contribution is 2.20. The third-order valence-electron chi connectivity index (χ3n) is 2.37. The summed E-state index contributed by atoms with van der Waals surface area (Å²) >= 11 is 0. The van der Waals surface area contributed by atoms with Crippen molar-refractivity contribution >= 4 is 11.7 Å². The first kappa shape index (κ1) is 13.0. The van der Waals surface area contributed by atoms with Crippen LogP contribution in [0.3, 0.4) is 0 Å². The highest BCUT2D eigenvalue weighted by molar-refractivity contribution is 5.98. The number of oxime groups is 1. The maximum Gasteiger partial charge on any atom is 0.228 e. The van der Waals surface area contributed by atoms with E-state index in [4.69, 9.17) is 15.5 Å². The van der Waals surface area contributed by atoms with Crippen LogP contribution in [0.2, 0.25) is 0 Å². The van der Waals surface area contributed by atoms with E-state index in [-0.39, 0.29) is 24.2 Å². The quantitative estimate of drug-likeness (QED) is 0.309. The first-order valence-corrected chi connectivity index (χ1v) is 5.14. The molecule has 1 unspecified atom stereocenters. The van der Waals surface area contributed by atoms with Gasteiger partial charge < -0.3 is 20.8 Å². The Morgan fingerprint density at radius 1 is 1.65 bits per heavy atom. The fourth-order valence-corrected chi connectivity index (χ4v) is 1.67. The lowest BCUT2D eigenvalue weighted by molar-refractivity contribution is -0.120. The van der Waals surface area contributed by atoms with Crippen LogP contribution in [0.5, 0.6) is 0 Å². The number of aromatic nitrogens is 1. The second kappa shape index (κ2) is 5.33. The number of nitrogens with one attached hydrogen (secondary N) is 1. The molecule has 94 valence electrons. The largest absolute Gasteiger partial charge is 0.409 e. The third-order valence-corrected chi connectivity index (χ3v) is 2.37. The van der Waals surface area contributed by atoms with Crippen molar-refractivity contribution in [3.63, 3.8) is 0 Å². The maximum atomic E-state index is 11.5. The average molecular weight is 240 g/mol. The van der Waals surface area contributed by atoms with E-state index in [0.717, 1.165) is 11.3 Å². The van der Waals surface area contributed by atoms with Crippen LogP contribution in [0.1, 0.15) is 36.4 Å². The van der Waals surface area contributed by atoms with Gasteiger partial charge in [0.2, 0.25) is 5.91 Å². The fourth-order valence-electron chi connectivity index (χ4n) is 1.67. The molecule has 0 saturated heterocycles. The zero-order chi connectivity index (χ0) is 13.0. The molecular weight excluding hydrogens is 224 g/mol. The Balaban J connectivity index is 2.67. The summed E-state index contributed by atoms with van der Waals surface area (Å²) < 4.78 is 5.01. The van der Waals surface area contributed by atoms with Gasteiger partial charge in [-0.3, -0.25) is 4.79 Å². The molecule has 1 amide bonds. The number of nitrogens with two attached hydrogens (primary N) is 1. The summed E-state index contributed by atoms with van der Waals surface area (Å²) in [6.45, 7) is 5.40. The van der Waals surface area contributed by atoms with E-state index in [0.29, 0.717) is 5.76 Å². The Bertz CT molecular complexity index is 419. The number of nitrogens with zero attached hydrogens (tertiary/aromatic N) is 2. The van der Waals surface area contributed by atoms with Crippen molar-refractivity contribution in [2.75, 3.05) is 0 Å². The molecule has 0 fully saturated rings. The van der Waals surface area contributed by atoms with Crippen molar-refractivity contribution in [2.24, 2.45) is 10.9 Å². The number of amides is 1. The normalized spacial score (nSPS) is 13.5. The lowest BCUT2D eigenvalue weighted by Gasteiger charge is -2.13. The summed E-state index contributed by atoms with van der Waals surface area (Å²) in [4.78, 5) is 11.5. The molecule has 0 aliphatic rings. The SMILES string of the molecule is Cc1noc(C)c1C(C)NC(=O)CC(N)=NO. The van der Waals surface area contributed by atoms with Crippen molar-refractivity contribution in [3.8, 4) is 0 Å². The molecule has 0 aromatic carbocycles. The van der Waals surface area contributed by atoms with Gasteiger partial charge in [-0.1, -0.05) is 10.3 Å². The second-order valence-electron chi connectivity index (χ2n) is 3.80. The molecule has 0 aliphatic carbocycles. The molecular formula is C10H16N4O3. The molecule has 0 spiro atoms. The monoisotopic (exact) mass is 240 g/mol. The number of rotatable bonds is 4. The van der Waals surface area contributed by atoms with Gasteiger partial charge in [-0.05, 0) is 20.8 Å². The Hall–Kier alpha value is -2.05. The standard InChI is InChI=1S/C10H16N4O3/c1-5(10-6(2)14-17-7(10)3)12-9(15)4-8(11)13-16/h5,16H,4H2,1-3H3,(H2,11,13)(H,12,15). The van der Waals surface area contributed by atoms with Crippen LogP contribution in [0.4, 0.5) is 0 Å². The lowest BCUT2D eigenvalue weighted by atomic mass is 10.1. The topological polar surface area (TPSA) is 114 Å². The van der Waals surface area contributed by atoms with Crippen LogP contribution in [-0.2, 0) is 4.79 Å². The first-order chi connectivity index (χ1) is 7.95. The van der Waals surface area contributed by atoms with Gasteiger partial charge >= 0.3 is 0 Å². The zero-order valence-electron chi connectivity index (χ0n) is 10.0. The summed E-state index contributed by atoms with van der Waals surface area (Å²) in [6, 6.07) is -0.236. The first-order valence-electron chi connectivity index (χ1n) is 5.14. The van der Waals surface area contributed by atoms with Gasteiger partial charge in [-0.2, -0.15) is 0 Å². The third kappa shape index (κ3) is 3.20. The average Bonchev–Trinajstić information content (AvgIpc) is 2.57. The molecule has 1 heterocycles. The number of aryl methyl sites for hydroxylation is 2. The number of carbonyl (C=O) groups is 1. The minimum atomic E-state index is -0.326. The van der Waals surface area contributed by atoms with E-state index in [1.807, 2.05) is 6.92 Å². The van der Waals surface area contributed by atoms with Gasteiger partial charge in [0.25, 0.3) is 0 Å². The zero-order valence-corrected chi connectivity index (χ0v) is 10.0. The molecule has 7 heteroatoms. The molecule has 1 rings (SSSR count). The van der Waals surface area contributed by atoms with Crippen molar-refractivity contribution in [1.29, 1.82) is 0 Å². The van der Waals surface area contributed by atoms with Crippen molar-refractivity contribution in [3.05, 3.63) is 17.0 Å². The smallest absolute Gasteiger partial charge is 0.228 e. The van der Waals surface area contributed by atoms with Gasteiger partial charge in [-0.15, -0.1) is 0 Å². The van der Waals surface area contributed by atoms with E-state index >= 15 is 0 Å². The minimum Gasteiger partial charge on any atom is -0.409 e. The van der Waals surface area contributed by atoms with Gasteiger partial charge in [0, 0.05) is 5.56 Å². The summed E-state index contributed by atoms with van der Waals surface area (Å²) in [7, 11) is 0. The summed E-state index contributed by atoms with van der Waals surface area (Å²) in [5, 5.41) is 17.6. The van der Waals surface area contributed by atoms with Crippen LogP contribution >= 0.6 is 0 Å². The van der Waals surface area contributed by atoms with Gasteiger partial charge in [0.05, 0.1) is 18.2 Å². The fraction of sp³-hybridized carbons (Fsp3) is 0.500. The molecule has 1 atom stereocenters. The van der Waals surface area contributed by atoms with Crippen LogP contribution in [0.25, 0.3) is 0 Å². The molecule has 17 heavy (non-hydrogen) atoms. The molecule has 0 aliphatic heterocycles. The molecule has 1 aromatic heterocycles. The van der Waals surface area contributed by atoms with Crippen molar-refractivity contribution in [2.45, 2.75) is 33.2 Å². The van der Waals surface area contributed by atoms with Crippen LogP contribution in [0, 0.1) is 13.8 Å². The van der Waals surface area contributed by atoms with Crippen LogP contribution in [-0.4, -0.2) is 22.1 Å². The predicted molar refractivity (Wildman–Crippen MR) is 60.6 cm³/mol. The second-order valence-corrected chi connectivity index (χ2v) is 3.80. The van der Waals surface area contributed by atoms with E-state index in [1.54, 1.807) is 13.8 Å². The van der Waals surface area contributed by atoms with E-state index in [2.05, 4.69) is 15.6 Å². The van der Waals surface area contributed by atoms with Crippen LogP contribution in [0.15, 0.2) is 9.68 Å². The number of hydrogen-bond acceptors (Lipinski definition) is 5. The Kier molecular flexibility index (Phi) is 4.08. The Morgan fingerprint density at radius 2 is 2.29 bits per heavy atom. The molecule has 0 saturated carbocycles. The molecule has 7 nitrogen and oxygen atoms in total.